The van der Waals surface area contributed by atoms with Crippen molar-refractivity contribution < 1.29 is 13.9 Å². The first-order valence-electron chi connectivity index (χ1n) is 6.83. The fraction of sp³-hybridized carbons (Fsp3) is 0.467. The number of hydrogen-bond donors (Lipinski definition) is 2. The van der Waals surface area contributed by atoms with Gasteiger partial charge in [-0.2, -0.15) is 0 Å². The highest BCUT2D eigenvalue weighted by Gasteiger charge is 2.13. The van der Waals surface area contributed by atoms with E-state index in [-0.39, 0.29) is 41.7 Å². The van der Waals surface area contributed by atoms with Crippen molar-refractivity contribution >= 4 is 35.9 Å². The van der Waals surface area contributed by atoms with Gasteiger partial charge in [0.2, 0.25) is 0 Å². The number of rotatable bonds is 6. The largest absolute Gasteiger partial charge is 0.469 e. The number of nitrogens with one attached hydrogen (secondary N) is 2. The van der Waals surface area contributed by atoms with Crippen molar-refractivity contribution in [2.24, 2.45) is 10.9 Å². The Bertz CT molecular complexity index is 480. The molecular weight excluding hydrogens is 400 g/mol. The maximum atomic E-state index is 12.8. The van der Waals surface area contributed by atoms with Gasteiger partial charge in [0.15, 0.2) is 5.96 Å². The van der Waals surface area contributed by atoms with Crippen LogP contribution in [-0.4, -0.2) is 39.2 Å². The number of benzene rings is 1. The van der Waals surface area contributed by atoms with E-state index in [9.17, 15) is 9.18 Å². The summed E-state index contributed by atoms with van der Waals surface area (Å²) >= 11 is 0. The summed E-state index contributed by atoms with van der Waals surface area (Å²) in [5, 5.41) is 6.20. The van der Waals surface area contributed by atoms with Crippen LogP contribution < -0.4 is 10.6 Å². The van der Waals surface area contributed by atoms with Gasteiger partial charge in [0.05, 0.1) is 13.0 Å². The Hall–Kier alpha value is -1.38. The lowest BCUT2D eigenvalue weighted by atomic mass is 10.1. The van der Waals surface area contributed by atoms with Crippen LogP contribution in [0.25, 0.3) is 0 Å². The molecule has 1 aromatic rings. The average Bonchev–Trinajstić information content (AvgIpc) is 2.51. The van der Waals surface area contributed by atoms with E-state index in [0.717, 1.165) is 12.0 Å². The molecule has 22 heavy (non-hydrogen) atoms. The molecule has 2 N–H and O–H groups in total. The molecule has 0 aliphatic heterocycles. The van der Waals surface area contributed by atoms with Crippen LogP contribution in [0.4, 0.5) is 4.39 Å². The van der Waals surface area contributed by atoms with Crippen molar-refractivity contribution in [1.29, 1.82) is 0 Å². The van der Waals surface area contributed by atoms with Gasteiger partial charge >= 0.3 is 5.97 Å². The molecule has 1 atom stereocenters. The molecule has 0 aliphatic carbocycles. The predicted molar refractivity (Wildman–Crippen MR) is 96.1 cm³/mol. The van der Waals surface area contributed by atoms with E-state index in [1.807, 2.05) is 0 Å². The van der Waals surface area contributed by atoms with Crippen LogP contribution in [0.2, 0.25) is 0 Å². The van der Waals surface area contributed by atoms with Crippen LogP contribution in [0, 0.1) is 11.7 Å². The molecule has 1 rings (SSSR count). The molecule has 0 amide bonds. The number of hydrogen-bond acceptors (Lipinski definition) is 3. The average molecular weight is 423 g/mol. The third kappa shape index (κ3) is 7.58. The summed E-state index contributed by atoms with van der Waals surface area (Å²) < 4.78 is 17.4. The Kier molecular flexibility index (Phi) is 10.5. The first-order chi connectivity index (χ1) is 10.1. The molecule has 0 spiro atoms. The number of esters is 1. The van der Waals surface area contributed by atoms with Gasteiger partial charge < -0.3 is 15.4 Å². The maximum Gasteiger partial charge on any atom is 0.310 e. The van der Waals surface area contributed by atoms with Crippen molar-refractivity contribution in [3.63, 3.8) is 0 Å². The van der Waals surface area contributed by atoms with Crippen molar-refractivity contribution in [1.82, 2.24) is 10.6 Å². The van der Waals surface area contributed by atoms with E-state index in [2.05, 4.69) is 20.4 Å². The second kappa shape index (κ2) is 11.2. The number of methoxy groups -OCH3 is 1. The molecule has 0 bridgehead atoms. The number of carbonyl (C=O) groups is 1. The van der Waals surface area contributed by atoms with E-state index in [1.165, 1.54) is 19.2 Å². The fourth-order valence-electron chi connectivity index (χ4n) is 1.73. The molecule has 5 nitrogen and oxygen atoms in total. The van der Waals surface area contributed by atoms with Crippen LogP contribution in [0.3, 0.4) is 0 Å². The van der Waals surface area contributed by atoms with Crippen molar-refractivity contribution in [2.45, 2.75) is 13.3 Å². The molecule has 124 valence electrons. The van der Waals surface area contributed by atoms with Crippen LogP contribution in [0.5, 0.6) is 0 Å². The molecule has 0 aromatic heterocycles. The van der Waals surface area contributed by atoms with Gasteiger partial charge in [-0.05, 0) is 24.1 Å². The number of nitrogens with zero attached hydrogens (tertiary/aromatic N) is 1. The summed E-state index contributed by atoms with van der Waals surface area (Å²) in [6, 6.07) is 6.40. The van der Waals surface area contributed by atoms with Gasteiger partial charge in [0.25, 0.3) is 0 Å². The molecule has 1 unspecified atom stereocenters. The summed E-state index contributed by atoms with van der Waals surface area (Å²) in [6.45, 7) is 2.89. The van der Waals surface area contributed by atoms with E-state index in [1.54, 1.807) is 26.1 Å². The van der Waals surface area contributed by atoms with Crippen LogP contribution in [-0.2, 0) is 16.0 Å². The first-order valence-corrected chi connectivity index (χ1v) is 6.83. The van der Waals surface area contributed by atoms with Gasteiger partial charge in [-0.1, -0.05) is 19.1 Å². The quantitative estimate of drug-likeness (QED) is 0.318. The predicted octanol–water partition coefficient (Wildman–Crippen LogP) is 1.96. The highest BCUT2D eigenvalue weighted by molar-refractivity contribution is 14.0. The lowest BCUT2D eigenvalue weighted by molar-refractivity contribution is -0.144. The van der Waals surface area contributed by atoms with Crippen LogP contribution in [0.1, 0.15) is 12.5 Å². The van der Waals surface area contributed by atoms with Gasteiger partial charge in [0.1, 0.15) is 5.82 Å². The summed E-state index contributed by atoms with van der Waals surface area (Å²) in [6.07, 6.45) is 0.757. The Morgan fingerprint density at radius 1 is 1.32 bits per heavy atom. The minimum Gasteiger partial charge on any atom is -0.469 e. The molecular formula is C15H23FIN3O2. The van der Waals surface area contributed by atoms with Gasteiger partial charge in [-0.15, -0.1) is 24.0 Å². The fourth-order valence-corrected chi connectivity index (χ4v) is 1.73. The van der Waals surface area contributed by atoms with Crippen LogP contribution >= 0.6 is 24.0 Å². The minimum absolute atomic E-state index is 0. The normalized spacial score (nSPS) is 12.1. The zero-order valence-corrected chi connectivity index (χ0v) is 15.4. The summed E-state index contributed by atoms with van der Waals surface area (Å²) in [4.78, 5) is 15.4. The van der Waals surface area contributed by atoms with Crippen LogP contribution in [0.15, 0.2) is 29.3 Å². The van der Waals surface area contributed by atoms with Crippen molar-refractivity contribution in [3.05, 3.63) is 35.6 Å². The molecule has 7 heteroatoms. The molecule has 0 fully saturated rings. The molecule has 0 saturated heterocycles. The second-order valence-corrected chi connectivity index (χ2v) is 4.68. The van der Waals surface area contributed by atoms with Crippen molar-refractivity contribution in [3.8, 4) is 0 Å². The lowest BCUT2D eigenvalue weighted by Gasteiger charge is -2.14. The van der Waals surface area contributed by atoms with Crippen molar-refractivity contribution in [2.75, 3.05) is 27.2 Å². The Morgan fingerprint density at radius 3 is 2.50 bits per heavy atom. The highest BCUT2D eigenvalue weighted by atomic mass is 127. The zero-order chi connectivity index (χ0) is 15.7. The summed E-state index contributed by atoms with van der Waals surface area (Å²) in [5.74, 6) is -0.122. The molecule has 0 heterocycles. The molecule has 1 aromatic carbocycles. The first kappa shape index (κ1) is 20.6. The third-order valence-corrected chi connectivity index (χ3v) is 3.02. The van der Waals surface area contributed by atoms with Gasteiger partial charge in [-0.25, -0.2) is 4.39 Å². The summed E-state index contributed by atoms with van der Waals surface area (Å²) in [7, 11) is 3.03. The number of aliphatic imine (C=N–C) groups is 1. The number of ether oxygens (including phenoxy) is 1. The smallest absolute Gasteiger partial charge is 0.310 e. The third-order valence-electron chi connectivity index (χ3n) is 3.02. The summed E-state index contributed by atoms with van der Waals surface area (Å²) in [5.41, 5.74) is 1.04. The Morgan fingerprint density at radius 2 is 1.95 bits per heavy atom. The monoisotopic (exact) mass is 423 g/mol. The highest BCUT2D eigenvalue weighted by Crippen LogP contribution is 2.02. The minimum atomic E-state index is -0.260. The Balaban J connectivity index is 0.00000441. The zero-order valence-electron chi connectivity index (χ0n) is 13.1. The second-order valence-electron chi connectivity index (χ2n) is 4.68. The lowest BCUT2D eigenvalue weighted by Crippen LogP contribution is -2.41. The van der Waals surface area contributed by atoms with E-state index in [0.29, 0.717) is 19.0 Å². The maximum absolute atomic E-state index is 12.8. The standard InChI is InChI=1S/C15H22FN3O2.HI/c1-11(14(20)21-3)10-19-15(17-2)18-9-8-12-4-6-13(16)7-5-12;/h4-7,11H,8-10H2,1-3H3,(H2,17,18,19);1H. The number of guanidine groups is 1. The van der Waals surface area contributed by atoms with E-state index >= 15 is 0 Å². The Labute approximate surface area is 147 Å². The van der Waals surface area contributed by atoms with Gasteiger partial charge in [-0.3, -0.25) is 9.79 Å². The molecule has 0 saturated carbocycles. The number of carbonyl (C=O) groups excluding carboxylic acids is 1. The SMILES string of the molecule is CN=C(NCCc1ccc(F)cc1)NCC(C)C(=O)OC.I. The topological polar surface area (TPSA) is 62.7 Å². The van der Waals surface area contributed by atoms with E-state index < -0.39 is 0 Å². The molecule has 0 radical (unpaired) electrons. The van der Waals surface area contributed by atoms with E-state index in [4.69, 9.17) is 0 Å². The number of halogens is 2. The molecule has 0 aliphatic rings. The van der Waals surface area contributed by atoms with Gasteiger partial charge in [0, 0.05) is 20.1 Å².